The number of rotatable bonds is 7. The van der Waals surface area contributed by atoms with E-state index in [1.54, 1.807) is 0 Å². The lowest BCUT2D eigenvalue weighted by Crippen LogP contribution is -2.47. The van der Waals surface area contributed by atoms with Crippen molar-refractivity contribution < 1.29 is 19.7 Å². The molecule has 3 rings (SSSR count). The minimum Gasteiger partial charge on any atom is -0.396 e. The molecular weight excluding hydrogens is 316 g/mol. The number of aliphatic hydroxyl groups is 2. The summed E-state index contributed by atoms with van der Waals surface area (Å²) in [7, 11) is 0. The van der Waals surface area contributed by atoms with Gasteiger partial charge in [-0.3, -0.25) is 0 Å². The molecule has 0 spiro atoms. The van der Waals surface area contributed by atoms with E-state index in [-0.39, 0.29) is 18.6 Å². The molecule has 0 unspecified atom stereocenters. The molecule has 4 atom stereocenters. The summed E-state index contributed by atoms with van der Waals surface area (Å²) in [5.74, 6) is -0.336. The molecule has 132 valence electrons. The van der Waals surface area contributed by atoms with Crippen molar-refractivity contribution in [3.63, 3.8) is 0 Å². The maximum atomic E-state index is 10.6. The van der Waals surface area contributed by atoms with Gasteiger partial charge in [0.25, 0.3) is 0 Å². The Kier molecular flexibility index (Phi) is 6.36. The molecular formula is C21H24O4. The van der Waals surface area contributed by atoms with E-state index in [9.17, 15) is 10.2 Å². The van der Waals surface area contributed by atoms with Crippen LogP contribution >= 0.6 is 0 Å². The monoisotopic (exact) mass is 340 g/mol. The Morgan fingerprint density at radius 2 is 1.32 bits per heavy atom. The summed E-state index contributed by atoms with van der Waals surface area (Å²) in [6.07, 6.45) is 2.00. The molecule has 1 aliphatic carbocycles. The van der Waals surface area contributed by atoms with Crippen LogP contribution in [-0.4, -0.2) is 35.1 Å². The third-order valence-electron chi connectivity index (χ3n) is 4.43. The Bertz CT molecular complexity index is 656. The average Bonchev–Trinajstić information content (AvgIpc) is 2.67. The van der Waals surface area contributed by atoms with Gasteiger partial charge in [0.2, 0.25) is 0 Å². The molecule has 25 heavy (non-hydrogen) atoms. The third kappa shape index (κ3) is 4.77. The topological polar surface area (TPSA) is 58.9 Å². The average molecular weight is 340 g/mol. The highest BCUT2D eigenvalue weighted by molar-refractivity contribution is 5.15. The van der Waals surface area contributed by atoms with E-state index in [0.29, 0.717) is 13.2 Å². The molecule has 0 saturated carbocycles. The van der Waals surface area contributed by atoms with Crippen LogP contribution in [0.1, 0.15) is 11.1 Å². The quantitative estimate of drug-likeness (QED) is 0.761. The van der Waals surface area contributed by atoms with Crippen molar-refractivity contribution in [1.29, 1.82) is 0 Å². The molecule has 2 aromatic rings. The van der Waals surface area contributed by atoms with Gasteiger partial charge in [-0.15, -0.1) is 0 Å². The smallest absolute Gasteiger partial charge is 0.114 e. The molecule has 0 aromatic heterocycles. The van der Waals surface area contributed by atoms with E-state index in [1.807, 2.05) is 72.8 Å². The van der Waals surface area contributed by atoms with Gasteiger partial charge in [0, 0.05) is 5.92 Å². The Labute approximate surface area is 148 Å². The van der Waals surface area contributed by atoms with Gasteiger partial charge in [0.1, 0.15) is 12.2 Å². The Balaban J connectivity index is 1.66. The summed E-state index contributed by atoms with van der Waals surface area (Å²) >= 11 is 0. The fraction of sp³-hybridized carbons (Fsp3) is 0.333. The summed E-state index contributed by atoms with van der Waals surface area (Å²) in [4.78, 5) is 0. The summed E-state index contributed by atoms with van der Waals surface area (Å²) in [5.41, 5.74) is 2.10. The number of benzene rings is 2. The molecule has 4 nitrogen and oxygen atoms in total. The number of hydrogen-bond donors (Lipinski definition) is 2. The number of hydrogen-bond acceptors (Lipinski definition) is 4. The first-order valence-corrected chi connectivity index (χ1v) is 8.56. The van der Waals surface area contributed by atoms with Gasteiger partial charge in [0.15, 0.2) is 0 Å². The van der Waals surface area contributed by atoms with Gasteiger partial charge < -0.3 is 19.7 Å². The van der Waals surface area contributed by atoms with Crippen LogP contribution in [0, 0.1) is 5.92 Å². The number of ether oxygens (including phenoxy) is 2. The van der Waals surface area contributed by atoms with E-state index in [0.717, 1.165) is 11.1 Å². The van der Waals surface area contributed by atoms with Crippen LogP contribution in [0.25, 0.3) is 0 Å². The molecule has 2 N–H and O–H groups in total. The van der Waals surface area contributed by atoms with Crippen molar-refractivity contribution >= 4 is 0 Å². The second-order valence-corrected chi connectivity index (χ2v) is 6.24. The second-order valence-electron chi connectivity index (χ2n) is 6.24. The van der Waals surface area contributed by atoms with Crippen LogP contribution < -0.4 is 0 Å². The zero-order chi connectivity index (χ0) is 17.5. The van der Waals surface area contributed by atoms with Crippen LogP contribution in [0.15, 0.2) is 72.8 Å². The second kappa shape index (κ2) is 8.92. The minimum absolute atomic E-state index is 0.117. The summed E-state index contributed by atoms with van der Waals surface area (Å²) in [6.45, 7) is 0.714. The molecule has 1 aliphatic rings. The van der Waals surface area contributed by atoms with E-state index in [4.69, 9.17) is 9.47 Å². The Morgan fingerprint density at radius 1 is 0.760 bits per heavy atom. The lowest BCUT2D eigenvalue weighted by Gasteiger charge is -2.35. The first-order valence-electron chi connectivity index (χ1n) is 8.56. The van der Waals surface area contributed by atoms with Crippen LogP contribution in [0.4, 0.5) is 0 Å². The minimum atomic E-state index is -0.806. The van der Waals surface area contributed by atoms with E-state index < -0.39 is 12.2 Å². The molecule has 0 aliphatic heterocycles. The summed E-state index contributed by atoms with van der Waals surface area (Å²) < 4.78 is 12.0. The summed E-state index contributed by atoms with van der Waals surface area (Å²) in [6, 6.07) is 19.7. The Hall–Kier alpha value is -1.98. The number of aliphatic hydroxyl groups excluding tert-OH is 2. The van der Waals surface area contributed by atoms with E-state index >= 15 is 0 Å². The third-order valence-corrected chi connectivity index (χ3v) is 4.43. The van der Waals surface area contributed by atoms with Crippen molar-refractivity contribution in [2.75, 3.05) is 6.61 Å². The van der Waals surface area contributed by atoms with E-state index in [2.05, 4.69) is 0 Å². The SMILES string of the molecule is OC[C@H]1C=C[C@H](OCc2ccccc2)[C@@H](OCc2ccccc2)[C@@H]1O. The van der Waals surface area contributed by atoms with Gasteiger partial charge in [-0.25, -0.2) is 0 Å². The predicted octanol–water partition coefficient (Wildman–Crippen LogP) is 2.70. The zero-order valence-corrected chi connectivity index (χ0v) is 14.1. The van der Waals surface area contributed by atoms with Gasteiger partial charge in [-0.1, -0.05) is 72.8 Å². The van der Waals surface area contributed by atoms with Crippen molar-refractivity contribution in [3.05, 3.63) is 83.9 Å². The van der Waals surface area contributed by atoms with Crippen molar-refractivity contribution in [3.8, 4) is 0 Å². The normalized spacial score (nSPS) is 25.8. The van der Waals surface area contributed by atoms with Crippen LogP contribution in [0.3, 0.4) is 0 Å². The lowest BCUT2D eigenvalue weighted by atomic mass is 9.89. The maximum absolute atomic E-state index is 10.6. The highest BCUT2D eigenvalue weighted by atomic mass is 16.5. The zero-order valence-electron chi connectivity index (χ0n) is 14.1. The van der Waals surface area contributed by atoms with Crippen LogP contribution in [0.5, 0.6) is 0 Å². The molecule has 0 saturated heterocycles. The first-order chi connectivity index (χ1) is 12.3. The molecule has 0 amide bonds. The van der Waals surface area contributed by atoms with E-state index in [1.165, 1.54) is 0 Å². The van der Waals surface area contributed by atoms with Gasteiger partial charge in [0.05, 0.1) is 25.9 Å². The molecule has 4 heteroatoms. The van der Waals surface area contributed by atoms with Crippen molar-refractivity contribution in [2.24, 2.45) is 5.92 Å². The largest absolute Gasteiger partial charge is 0.396 e. The first kappa shape index (κ1) is 17.8. The fourth-order valence-electron chi connectivity index (χ4n) is 2.96. The van der Waals surface area contributed by atoms with Gasteiger partial charge in [-0.05, 0) is 11.1 Å². The highest BCUT2D eigenvalue weighted by Gasteiger charge is 2.36. The summed E-state index contributed by atoms with van der Waals surface area (Å²) in [5, 5.41) is 20.0. The van der Waals surface area contributed by atoms with Crippen LogP contribution in [0.2, 0.25) is 0 Å². The van der Waals surface area contributed by atoms with Crippen LogP contribution in [-0.2, 0) is 22.7 Å². The predicted molar refractivity (Wildman–Crippen MR) is 95.8 cm³/mol. The molecule has 2 aromatic carbocycles. The molecule has 0 bridgehead atoms. The maximum Gasteiger partial charge on any atom is 0.114 e. The fourth-order valence-corrected chi connectivity index (χ4v) is 2.96. The molecule has 0 fully saturated rings. The van der Waals surface area contributed by atoms with Gasteiger partial charge >= 0.3 is 0 Å². The standard InChI is InChI=1S/C21H24O4/c22-13-18-11-12-19(24-14-16-7-3-1-4-8-16)21(20(18)23)25-15-17-9-5-2-6-10-17/h1-12,18-23H,13-15H2/t18-,19+,20-,21-/m1/s1. The van der Waals surface area contributed by atoms with Crippen molar-refractivity contribution in [1.82, 2.24) is 0 Å². The highest BCUT2D eigenvalue weighted by Crippen LogP contribution is 2.25. The lowest BCUT2D eigenvalue weighted by molar-refractivity contribution is -0.135. The Morgan fingerprint density at radius 3 is 1.88 bits per heavy atom. The molecule has 0 radical (unpaired) electrons. The molecule has 0 heterocycles. The van der Waals surface area contributed by atoms with Crippen molar-refractivity contribution in [2.45, 2.75) is 31.5 Å². The van der Waals surface area contributed by atoms with Gasteiger partial charge in [-0.2, -0.15) is 0 Å².